The average molecular weight is 250 g/mol. The molecule has 1 amide bonds. The lowest BCUT2D eigenvalue weighted by molar-refractivity contribution is 0.0946. The van der Waals surface area contributed by atoms with Crippen LogP contribution in [0.5, 0.6) is 5.75 Å². The molecule has 1 aromatic carbocycles. The number of nitrogens with zero attached hydrogens (tertiary/aromatic N) is 2. The molecule has 0 spiro atoms. The van der Waals surface area contributed by atoms with Crippen molar-refractivity contribution in [3.05, 3.63) is 48.0 Å². The van der Waals surface area contributed by atoms with Crippen molar-refractivity contribution in [1.82, 2.24) is 15.2 Å². The maximum Gasteiger partial charge on any atom is 0.285 e. The van der Waals surface area contributed by atoms with Crippen LogP contribution in [0.15, 0.2) is 36.5 Å². The van der Waals surface area contributed by atoms with Gasteiger partial charge in [-0.1, -0.05) is 0 Å². The van der Waals surface area contributed by atoms with E-state index in [0.717, 1.165) is 0 Å². The van der Waals surface area contributed by atoms with Gasteiger partial charge in [-0.15, -0.1) is 0 Å². The molecule has 0 saturated heterocycles. The van der Waals surface area contributed by atoms with Crippen LogP contribution in [0.3, 0.4) is 0 Å². The third kappa shape index (κ3) is 2.83. The second-order valence-corrected chi connectivity index (χ2v) is 3.44. The number of benzene rings is 1. The number of ether oxygens (including phenoxy) is 1. The molecule has 6 nitrogen and oxygen atoms in total. The summed E-state index contributed by atoms with van der Waals surface area (Å²) in [5.41, 5.74) is 2.17. The van der Waals surface area contributed by atoms with Gasteiger partial charge in [0.05, 0.1) is 0 Å². The van der Waals surface area contributed by atoms with Gasteiger partial charge in [-0.2, -0.15) is 5.10 Å². The van der Waals surface area contributed by atoms with Crippen LogP contribution in [0.1, 0.15) is 10.5 Å². The van der Waals surface area contributed by atoms with Crippen molar-refractivity contribution in [2.45, 2.75) is 6.73 Å². The molecule has 0 aliphatic rings. The van der Waals surface area contributed by atoms with Crippen molar-refractivity contribution in [2.24, 2.45) is 5.84 Å². The number of amides is 1. The molecule has 2 rings (SSSR count). The Kier molecular flexibility index (Phi) is 3.54. The van der Waals surface area contributed by atoms with E-state index >= 15 is 0 Å². The van der Waals surface area contributed by atoms with Gasteiger partial charge in [0.25, 0.3) is 5.91 Å². The number of rotatable bonds is 4. The molecule has 0 saturated carbocycles. The van der Waals surface area contributed by atoms with E-state index in [4.69, 9.17) is 10.6 Å². The molecule has 0 atom stereocenters. The van der Waals surface area contributed by atoms with Gasteiger partial charge in [0.2, 0.25) is 0 Å². The average Bonchev–Trinajstić information content (AvgIpc) is 2.86. The number of nitrogens with one attached hydrogen (secondary N) is 1. The molecule has 0 aliphatic heterocycles. The minimum Gasteiger partial charge on any atom is -0.471 e. The highest BCUT2D eigenvalue weighted by molar-refractivity contribution is 5.91. The van der Waals surface area contributed by atoms with E-state index in [2.05, 4.69) is 5.10 Å². The van der Waals surface area contributed by atoms with Gasteiger partial charge in [0.15, 0.2) is 12.4 Å². The lowest BCUT2D eigenvalue weighted by Crippen LogP contribution is -2.30. The number of halogens is 1. The Balaban J connectivity index is 1.96. The van der Waals surface area contributed by atoms with E-state index in [1.807, 2.05) is 5.43 Å². The Bertz CT molecular complexity index is 538. The van der Waals surface area contributed by atoms with Crippen molar-refractivity contribution in [3.8, 4) is 5.75 Å². The number of hydrogen-bond acceptors (Lipinski definition) is 4. The number of hydrogen-bond donors (Lipinski definition) is 2. The van der Waals surface area contributed by atoms with Crippen molar-refractivity contribution >= 4 is 5.91 Å². The molecular formula is C11H11FN4O2. The molecule has 3 N–H and O–H groups in total. The topological polar surface area (TPSA) is 82.2 Å². The zero-order valence-electron chi connectivity index (χ0n) is 9.34. The first-order chi connectivity index (χ1) is 8.69. The summed E-state index contributed by atoms with van der Waals surface area (Å²) in [7, 11) is 0. The zero-order valence-corrected chi connectivity index (χ0v) is 9.34. The van der Waals surface area contributed by atoms with E-state index in [1.165, 1.54) is 35.0 Å². The van der Waals surface area contributed by atoms with Gasteiger partial charge >= 0.3 is 0 Å². The lowest BCUT2D eigenvalue weighted by Gasteiger charge is -2.05. The number of nitrogens with two attached hydrogens (primary N) is 1. The van der Waals surface area contributed by atoms with Crippen molar-refractivity contribution in [2.75, 3.05) is 0 Å². The Morgan fingerprint density at radius 1 is 1.39 bits per heavy atom. The van der Waals surface area contributed by atoms with Gasteiger partial charge in [-0.05, 0) is 30.3 Å². The molecular weight excluding hydrogens is 239 g/mol. The molecule has 0 fully saturated rings. The molecule has 0 unspecified atom stereocenters. The molecule has 1 heterocycles. The second kappa shape index (κ2) is 5.28. The molecule has 94 valence electrons. The number of hydrazine groups is 1. The van der Waals surface area contributed by atoms with Crippen LogP contribution >= 0.6 is 0 Å². The van der Waals surface area contributed by atoms with E-state index < -0.39 is 5.91 Å². The monoisotopic (exact) mass is 250 g/mol. The predicted octanol–water partition coefficient (Wildman–Crippen LogP) is 0.662. The van der Waals surface area contributed by atoms with Crippen molar-refractivity contribution < 1.29 is 13.9 Å². The summed E-state index contributed by atoms with van der Waals surface area (Å²) in [4.78, 5) is 11.1. The fourth-order valence-electron chi connectivity index (χ4n) is 1.30. The van der Waals surface area contributed by atoms with E-state index in [-0.39, 0.29) is 18.2 Å². The summed E-state index contributed by atoms with van der Waals surface area (Å²) < 4.78 is 19.4. The maximum atomic E-state index is 12.7. The van der Waals surface area contributed by atoms with Crippen LogP contribution in [0.25, 0.3) is 0 Å². The summed E-state index contributed by atoms with van der Waals surface area (Å²) in [6.07, 6.45) is 1.58. The Hall–Kier alpha value is -2.41. The number of aromatic nitrogens is 2. The Labute approximate surface area is 102 Å². The molecule has 0 bridgehead atoms. The number of nitrogen functional groups attached to an aromatic ring is 1. The molecule has 0 radical (unpaired) electrons. The van der Waals surface area contributed by atoms with Gasteiger partial charge < -0.3 is 4.74 Å². The first-order valence-corrected chi connectivity index (χ1v) is 5.12. The van der Waals surface area contributed by atoms with Crippen LogP contribution < -0.4 is 16.0 Å². The summed E-state index contributed by atoms with van der Waals surface area (Å²) in [5.74, 6) is 4.68. The van der Waals surface area contributed by atoms with Crippen LogP contribution in [0.2, 0.25) is 0 Å². The van der Waals surface area contributed by atoms with E-state index in [0.29, 0.717) is 5.75 Å². The van der Waals surface area contributed by atoms with Crippen LogP contribution in [0.4, 0.5) is 4.39 Å². The van der Waals surface area contributed by atoms with E-state index in [1.54, 1.807) is 6.20 Å². The fourth-order valence-corrected chi connectivity index (χ4v) is 1.30. The predicted molar refractivity (Wildman–Crippen MR) is 60.9 cm³/mol. The van der Waals surface area contributed by atoms with Gasteiger partial charge in [-0.25, -0.2) is 14.9 Å². The third-order valence-electron chi connectivity index (χ3n) is 2.18. The quantitative estimate of drug-likeness (QED) is 0.474. The highest BCUT2D eigenvalue weighted by Crippen LogP contribution is 2.11. The number of carbonyl (C=O) groups excluding carboxylic acids is 1. The van der Waals surface area contributed by atoms with Gasteiger partial charge in [0.1, 0.15) is 11.6 Å². The fraction of sp³-hybridized carbons (Fsp3) is 0.0909. The number of carbonyl (C=O) groups is 1. The normalized spacial score (nSPS) is 10.1. The third-order valence-corrected chi connectivity index (χ3v) is 2.18. The Morgan fingerprint density at radius 2 is 2.11 bits per heavy atom. The highest BCUT2D eigenvalue weighted by atomic mass is 19.1. The minimum atomic E-state index is -0.476. The second-order valence-electron chi connectivity index (χ2n) is 3.44. The largest absolute Gasteiger partial charge is 0.471 e. The van der Waals surface area contributed by atoms with Gasteiger partial charge in [-0.3, -0.25) is 10.2 Å². The first kappa shape index (κ1) is 12.1. The van der Waals surface area contributed by atoms with Crippen LogP contribution in [-0.4, -0.2) is 15.7 Å². The van der Waals surface area contributed by atoms with Crippen LogP contribution in [-0.2, 0) is 6.73 Å². The lowest BCUT2D eigenvalue weighted by atomic mass is 10.3. The van der Waals surface area contributed by atoms with E-state index in [9.17, 15) is 9.18 Å². The summed E-state index contributed by atoms with van der Waals surface area (Å²) >= 11 is 0. The smallest absolute Gasteiger partial charge is 0.285 e. The molecule has 18 heavy (non-hydrogen) atoms. The molecule has 1 aromatic heterocycles. The zero-order chi connectivity index (χ0) is 13.0. The summed E-state index contributed by atoms with van der Waals surface area (Å²) in [5, 5.41) is 3.94. The Morgan fingerprint density at radius 3 is 2.78 bits per heavy atom. The SMILES string of the molecule is NNC(=O)c1ccn(COc2ccc(F)cc2)n1. The first-order valence-electron chi connectivity index (χ1n) is 5.12. The molecule has 2 aromatic rings. The maximum absolute atomic E-state index is 12.7. The minimum absolute atomic E-state index is 0.115. The summed E-state index contributed by atoms with van der Waals surface area (Å²) in [6.45, 7) is 0.115. The molecule has 0 aliphatic carbocycles. The summed E-state index contributed by atoms with van der Waals surface area (Å²) in [6, 6.07) is 7.12. The standard InChI is InChI=1S/C11H11FN4O2/c12-8-1-3-9(4-2-8)18-7-16-6-5-10(15-16)11(17)14-13/h1-6H,7,13H2,(H,14,17). The van der Waals surface area contributed by atoms with Crippen LogP contribution in [0, 0.1) is 5.82 Å². The van der Waals surface area contributed by atoms with Crippen molar-refractivity contribution in [3.63, 3.8) is 0 Å². The highest BCUT2D eigenvalue weighted by Gasteiger charge is 2.07. The molecule has 7 heteroatoms. The van der Waals surface area contributed by atoms with Gasteiger partial charge in [0, 0.05) is 6.20 Å². The van der Waals surface area contributed by atoms with Crippen molar-refractivity contribution in [1.29, 1.82) is 0 Å².